The number of nitrogens with zero attached hydrogens (tertiary/aromatic N) is 2. The third-order valence-corrected chi connectivity index (χ3v) is 7.05. The van der Waals surface area contributed by atoms with Gasteiger partial charge in [0, 0.05) is 11.4 Å². The Bertz CT molecular complexity index is 1140. The van der Waals surface area contributed by atoms with Crippen molar-refractivity contribution < 1.29 is 4.79 Å². The van der Waals surface area contributed by atoms with Crippen LogP contribution in [0.25, 0.3) is 10.8 Å². The van der Waals surface area contributed by atoms with Crippen molar-refractivity contribution in [1.29, 1.82) is 0 Å². The number of carbonyl (C=O) groups excluding carboxylic acids is 1. The molecule has 5 rings (SSSR count). The standard InChI is InChI=1S/C25H27N3O2/c1-16(22-14-18-11-12-19(22)13-18)26-24(29)23-20-9-5-6-10-21(20)25(30)28(27-23)15-17-7-3-2-4-8-17/h2-10,16,18-19,22H,11-15H2,1H3,(H,26,29)/t16-,18-,19-,22-/m0/s1. The molecule has 2 saturated carbocycles. The van der Waals surface area contributed by atoms with Gasteiger partial charge in [0.1, 0.15) is 0 Å². The Balaban J connectivity index is 1.47. The lowest BCUT2D eigenvalue weighted by molar-refractivity contribution is 0.0909. The van der Waals surface area contributed by atoms with Crippen molar-refractivity contribution in [2.75, 3.05) is 0 Å². The third kappa shape index (κ3) is 3.42. The number of hydrogen-bond acceptors (Lipinski definition) is 3. The minimum Gasteiger partial charge on any atom is -0.348 e. The Morgan fingerprint density at radius 1 is 1.07 bits per heavy atom. The summed E-state index contributed by atoms with van der Waals surface area (Å²) >= 11 is 0. The molecule has 3 aromatic rings. The SMILES string of the molecule is C[C@H](NC(=O)c1nn(Cc2ccccc2)c(=O)c2ccccc12)[C@@H]1C[C@H]2CC[C@H]1C2. The molecule has 1 amide bonds. The first-order valence-electron chi connectivity index (χ1n) is 10.9. The summed E-state index contributed by atoms with van der Waals surface area (Å²) < 4.78 is 1.41. The average molecular weight is 402 g/mol. The molecule has 0 aliphatic heterocycles. The van der Waals surface area contributed by atoms with Gasteiger partial charge in [-0.25, -0.2) is 4.68 Å². The molecule has 4 atom stereocenters. The van der Waals surface area contributed by atoms with E-state index in [-0.39, 0.29) is 17.5 Å². The van der Waals surface area contributed by atoms with Crippen LogP contribution < -0.4 is 10.9 Å². The topological polar surface area (TPSA) is 64.0 Å². The van der Waals surface area contributed by atoms with Crippen LogP contribution in [0.4, 0.5) is 0 Å². The summed E-state index contributed by atoms with van der Waals surface area (Å²) in [4.78, 5) is 26.3. The molecule has 1 aromatic heterocycles. The largest absolute Gasteiger partial charge is 0.348 e. The second kappa shape index (κ2) is 7.71. The van der Waals surface area contributed by atoms with E-state index in [9.17, 15) is 9.59 Å². The van der Waals surface area contributed by atoms with E-state index in [4.69, 9.17) is 0 Å². The minimum atomic E-state index is -0.191. The van der Waals surface area contributed by atoms with Crippen LogP contribution in [0.3, 0.4) is 0 Å². The summed E-state index contributed by atoms with van der Waals surface area (Å²) in [5.74, 6) is 1.94. The molecule has 1 heterocycles. The minimum absolute atomic E-state index is 0.114. The highest BCUT2D eigenvalue weighted by molar-refractivity contribution is 6.04. The molecule has 2 aliphatic carbocycles. The smallest absolute Gasteiger partial charge is 0.274 e. The third-order valence-electron chi connectivity index (χ3n) is 7.05. The maximum absolute atomic E-state index is 13.3. The number of nitrogens with one attached hydrogen (secondary N) is 1. The van der Waals surface area contributed by atoms with E-state index in [1.807, 2.05) is 48.5 Å². The van der Waals surface area contributed by atoms with Crippen molar-refractivity contribution in [1.82, 2.24) is 15.1 Å². The molecule has 2 bridgehead atoms. The highest BCUT2D eigenvalue weighted by Crippen LogP contribution is 2.49. The van der Waals surface area contributed by atoms with E-state index in [1.54, 1.807) is 6.07 Å². The number of rotatable bonds is 5. The Hall–Kier alpha value is -2.95. The molecule has 2 aliphatic rings. The summed E-state index contributed by atoms with van der Waals surface area (Å²) in [6.45, 7) is 2.46. The maximum atomic E-state index is 13.3. The van der Waals surface area contributed by atoms with E-state index >= 15 is 0 Å². The van der Waals surface area contributed by atoms with Gasteiger partial charge in [-0.2, -0.15) is 5.10 Å². The van der Waals surface area contributed by atoms with Crippen LogP contribution in [-0.2, 0) is 6.54 Å². The molecule has 0 saturated heterocycles. The van der Waals surface area contributed by atoms with E-state index in [2.05, 4.69) is 17.3 Å². The molecule has 0 spiro atoms. The summed E-state index contributed by atoms with van der Waals surface area (Å²) in [6.07, 6.45) is 5.17. The van der Waals surface area contributed by atoms with Gasteiger partial charge in [0.25, 0.3) is 11.5 Å². The van der Waals surface area contributed by atoms with Crippen LogP contribution in [0, 0.1) is 17.8 Å². The lowest BCUT2D eigenvalue weighted by Gasteiger charge is -2.28. The second-order valence-corrected chi connectivity index (χ2v) is 8.94. The molecule has 5 heteroatoms. The lowest BCUT2D eigenvalue weighted by Crippen LogP contribution is -2.41. The highest BCUT2D eigenvalue weighted by Gasteiger charge is 2.42. The van der Waals surface area contributed by atoms with Gasteiger partial charge in [-0.3, -0.25) is 9.59 Å². The Labute approximate surface area is 176 Å². The average Bonchev–Trinajstić information content (AvgIpc) is 3.40. The first kappa shape index (κ1) is 19.0. The van der Waals surface area contributed by atoms with Gasteiger partial charge >= 0.3 is 0 Å². The van der Waals surface area contributed by atoms with Crippen LogP contribution in [0.5, 0.6) is 0 Å². The first-order valence-corrected chi connectivity index (χ1v) is 10.9. The summed E-state index contributed by atoms with van der Waals surface area (Å²) in [7, 11) is 0. The van der Waals surface area contributed by atoms with E-state index < -0.39 is 0 Å². The van der Waals surface area contributed by atoms with Crippen molar-refractivity contribution in [2.45, 2.75) is 45.2 Å². The van der Waals surface area contributed by atoms with E-state index in [0.29, 0.717) is 28.9 Å². The van der Waals surface area contributed by atoms with Crippen LogP contribution in [0.15, 0.2) is 59.4 Å². The van der Waals surface area contributed by atoms with Crippen LogP contribution in [0.2, 0.25) is 0 Å². The fraction of sp³-hybridized carbons (Fsp3) is 0.400. The van der Waals surface area contributed by atoms with Gasteiger partial charge in [0.15, 0.2) is 5.69 Å². The number of amides is 1. The predicted octanol–water partition coefficient (Wildman–Crippen LogP) is 4.00. The molecule has 0 radical (unpaired) electrons. The molecule has 1 N–H and O–H groups in total. The molecule has 2 fully saturated rings. The molecular weight excluding hydrogens is 374 g/mol. The van der Waals surface area contributed by atoms with Crippen LogP contribution in [-0.4, -0.2) is 21.7 Å². The Kier molecular flexibility index (Phi) is 4.89. The van der Waals surface area contributed by atoms with Crippen molar-refractivity contribution >= 4 is 16.7 Å². The molecule has 154 valence electrons. The van der Waals surface area contributed by atoms with Gasteiger partial charge in [-0.05, 0) is 55.6 Å². The maximum Gasteiger partial charge on any atom is 0.274 e. The second-order valence-electron chi connectivity index (χ2n) is 8.94. The van der Waals surface area contributed by atoms with Gasteiger partial charge in [0.2, 0.25) is 0 Å². The molecular formula is C25H27N3O2. The fourth-order valence-corrected chi connectivity index (χ4v) is 5.55. The molecule has 2 aromatic carbocycles. The van der Waals surface area contributed by atoms with Crippen molar-refractivity contribution in [3.8, 4) is 0 Å². The zero-order chi connectivity index (χ0) is 20.7. The first-order chi connectivity index (χ1) is 14.6. The number of carbonyl (C=O) groups is 1. The van der Waals surface area contributed by atoms with Crippen LogP contribution >= 0.6 is 0 Å². The predicted molar refractivity (Wildman–Crippen MR) is 117 cm³/mol. The zero-order valence-electron chi connectivity index (χ0n) is 17.3. The van der Waals surface area contributed by atoms with Crippen molar-refractivity contribution in [3.63, 3.8) is 0 Å². The van der Waals surface area contributed by atoms with E-state index in [0.717, 1.165) is 17.4 Å². The molecule has 5 nitrogen and oxygen atoms in total. The van der Waals surface area contributed by atoms with Crippen molar-refractivity contribution in [2.24, 2.45) is 17.8 Å². The summed E-state index contributed by atoms with van der Waals surface area (Å²) in [5, 5.41) is 8.87. The highest BCUT2D eigenvalue weighted by atomic mass is 16.2. The van der Waals surface area contributed by atoms with Crippen molar-refractivity contribution in [3.05, 3.63) is 76.2 Å². The van der Waals surface area contributed by atoms with Gasteiger partial charge in [-0.1, -0.05) is 55.0 Å². The van der Waals surface area contributed by atoms with Gasteiger partial charge in [-0.15, -0.1) is 0 Å². The number of benzene rings is 2. The normalized spacial score (nSPS) is 23.6. The summed E-state index contributed by atoms with van der Waals surface area (Å²) in [6, 6.07) is 17.1. The molecule has 30 heavy (non-hydrogen) atoms. The zero-order valence-corrected chi connectivity index (χ0v) is 17.3. The lowest BCUT2D eigenvalue weighted by atomic mass is 9.84. The quantitative estimate of drug-likeness (QED) is 0.703. The molecule has 0 unspecified atom stereocenters. The summed E-state index contributed by atoms with van der Waals surface area (Å²) in [5.41, 5.74) is 1.13. The van der Waals surface area contributed by atoms with E-state index in [1.165, 1.54) is 30.4 Å². The van der Waals surface area contributed by atoms with Gasteiger partial charge in [0.05, 0.1) is 11.9 Å². The number of aromatic nitrogens is 2. The Morgan fingerprint density at radius 2 is 1.80 bits per heavy atom. The number of fused-ring (bicyclic) bond motifs is 3. The Morgan fingerprint density at radius 3 is 2.50 bits per heavy atom. The van der Waals surface area contributed by atoms with Gasteiger partial charge < -0.3 is 5.32 Å². The fourth-order valence-electron chi connectivity index (χ4n) is 5.55. The number of hydrogen-bond donors (Lipinski definition) is 1. The monoisotopic (exact) mass is 401 g/mol. The van der Waals surface area contributed by atoms with Crippen LogP contribution in [0.1, 0.15) is 48.7 Å².